The minimum Gasteiger partial charge on any atom is -0.494 e. The number of carbonyl (C=O) groups excluding carboxylic acids is 1. The quantitative estimate of drug-likeness (QED) is 0.382. The summed E-state index contributed by atoms with van der Waals surface area (Å²) in [5.41, 5.74) is 8.51. The second-order valence-corrected chi connectivity index (χ2v) is 7.27. The van der Waals surface area contributed by atoms with E-state index in [2.05, 4.69) is 25.9 Å². The fraction of sp³-hybridized carbons (Fsp3) is 0.227. The fourth-order valence-electron chi connectivity index (χ4n) is 2.93. The molecule has 0 fully saturated rings. The zero-order chi connectivity index (χ0) is 23.1. The van der Waals surface area contributed by atoms with E-state index in [0.717, 1.165) is 5.69 Å². The molecule has 0 atom stereocenters. The Morgan fingerprint density at radius 2 is 1.97 bits per heavy atom. The summed E-state index contributed by atoms with van der Waals surface area (Å²) in [7, 11) is 3.29. The van der Waals surface area contributed by atoms with Gasteiger partial charge in [-0.05, 0) is 24.3 Å². The van der Waals surface area contributed by atoms with Gasteiger partial charge in [0.05, 0.1) is 30.4 Å². The molecular weight excluding hydrogens is 430 g/mol. The van der Waals surface area contributed by atoms with Gasteiger partial charge in [-0.15, -0.1) is 0 Å². The summed E-state index contributed by atoms with van der Waals surface area (Å²) in [6.45, 7) is 2.69. The molecule has 0 saturated carbocycles. The number of aromatic nitrogens is 2. The van der Waals surface area contributed by atoms with Crippen LogP contribution in [0.5, 0.6) is 5.75 Å². The van der Waals surface area contributed by atoms with Gasteiger partial charge in [0.25, 0.3) is 0 Å². The standard InChI is InChI=1S/C22H26ClN7O2/c1-14(31)30(2)19-7-5-4-6-17(19)27-21-16(23)13-26-22(29-21)28-18-9-8-15(25-11-10-24)12-20(18)32-3/h4-9,12-13,25H,10-11,24H2,1-3H3,(H2,26,27,28,29). The van der Waals surface area contributed by atoms with Gasteiger partial charge in [0.15, 0.2) is 5.82 Å². The topological polar surface area (TPSA) is 117 Å². The number of benzene rings is 2. The summed E-state index contributed by atoms with van der Waals surface area (Å²) < 4.78 is 5.48. The van der Waals surface area contributed by atoms with Crippen molar-refractivity contribution in [1.29, 1.82) is 0 Å². The van der Waals surface area contributed by atoms with E-state index in [1.54, 1.807) is 19.1 Å². The number of halogens is 1. The predicted molar refractivity (Wildman–Crippen MR) is 130 cm³/mol. The van der Waals surface area contributed by atoms with Crippen molar-refractivity contribution in [3.8, 4) is 5.75 Å². The van der Waals surface area contributed by atoms with Gasteiger partial charge in [-0.1, -0.05) is 23.7 Å². The van der Waals surface area contributed by atoms with Crippen molar-refractivity contribution in [1.82, 2.24) is 9.97 Å². The van der Waals surface area contributed by atoms with Gasteiger partial charge in [0, 0.05) is 38.8 Å². The van der Waals surface area contributed by atoms with Crippen molar-refractivity contribution in [2.45, 2.75) is 6.92 Å². The summed E-state index contributed by atoms with van der Waals surface area (Å²) in [6.07, 6.45) is 1.50. The number of rotatable bonds is 9. The summed E-state index contributed by atoms with van der Waals surface area (Å²) in [4.78, 5) is 22.1. The first-order valence-corrected chi connectivity index (χ1v) is 10.3. The van der Waals surface area contributed by atoms with E-state index in [-0.39, 0.29) is 5.91 Å². The van der Waals surface area contributed by atoms with Crippen LogP contribution in [0.4, 0.5) is 34.5 Å². The molecule has 5 N–H and O–H groups in total. The first-order chi connectivity index (χ1) is 15.4. The highest BCUT2D eigenvalue weighted by molar-refractivity contribution is 6.33. The molecular formula is C22H26ClN7O2. The maximum atomic E-state index is 11.8. The minimum atomic E-state index is -0.0908. The van der Waals surface area contributed by atoms with Crippen LogP contribution in [-0.4, -0.2) is 43.1 Å². The average Bonchev–Trinajstić information content (AvgIpc) is 2.80. The number of para-hydroxylation sites is 2. The van der Waals surface area contributed by atoms with Crippen LogP contribution in [0.1, 0.15) is 6.92 Å². The van der Waals surface area contributed by atoms with Gasteiger partial charge in [-0.3, -0.25) is 4.79 Å². The molecule has 1 aromatic heterocycles. The van der Waals surface area contributed by atoms with Crippen LogP contribution in [0.15, 0.2) is 48.7 Å². The Morgan fingerprint density at radius 1 is 1.19 bits per heavy atom. The highest BCUT2D eigenvalue weighted by Crippen LogP contribution is 2.33. The molecule has 2 aromatic carbocycles. The molecule has 0 spiro atoms. The highest BCUT2D eigenvalue weighted by Gasteiger charge is 2.14. The van der Waals surface area contributed by atoms with Crippen LogP contribution < -0.4 is 31.3 Å². The summed E-state index contributed by atoms with van der Waals surface area (Å²) >= 11 is 6.33. The van der Waals surface area contributed by atoms with Crippen molar-refractivity contribution in [3.63, 3.8) is 0 Å². The maximum absolute atomic E-state index is 11.8. The minimum absolute atomic E-state index is 0.0908. The summed E-state index contributed by atoms with van der Waals surface area (Å²) in [5, 5.41) is 9.89. The fourth-order valence-corrected chi connectivity index (χ4v) is 3.06. The monoisotopic (exact) mass is 455 g/mol. The first-order valence-electron chi connectivity index (χ1n) is 9.94. The van der Waals surface area contributed by atoms with E-state index < -0.39 is 0 Å². The van der Waals surface area contributed by atoms with E-state index >= 15 is 0 Å². The Labute approximate surface area is 192 Å². The lowest BCUT2D eigenvalue weighted by atomic mass is 10.2. The van der Waals surface area contributed by atoms with Crippen LogP contribution in [-0.2, 0) is 4.79 Å². The van der Waals surface area contributed by atoms with Crippen molar-refractivity contribution < 1.29 is 9.53 Å². The van der Waals surface area contributed by atoms with E-state index in [9.17, 15) is 4.79 Å². The lowest BCUT2D eigenvalue weighted by Gasteiger charge is -2.20. The number of hydrogen-bond donors (Lipinski definition) is 4. The molecule has 1 amide bonds. The summed E-state index contributed by atoms with van der Waals surface area (Å²) in [6, 6.07) is 13.0. The number of methoxy groups -OCH3 is 1. The SMILES string of the molecule is COc1cc(NCCN)ccc1Nc1ncc(Cl)c(Nc2ccccc2N(C)C(C)=O)n1. The first kappa shape index (κ1) is 23.1. The largest absolute Gasteiger partial charge is 0.494 e. The third kappa shape index (κ3) is 5.57. The van der Waals surface area contributed by atoms with Crippen LogP contribution >= 0.6 is 11.6 Å². The molecule has 168 valence electrons. The predicted octanol–water partition coefficient (Wildman–Crippen LogP) is 3.98. The van der Waals surface area contributed by atoms with E-state index in [0.29, 0.717) is 52.7 Å². The van der Waals surface area contributed by atoms with Gasteiger partial charge in [-0.25, -0.2) is 4.98 Å². The van der Waals surface area contributed by atoms with Crippen molar-refractivity contribution in [3.05, 3.63) is 53.7 Å². The van der Waals surface area contributed by atoms with E-state index in [1.165, 1.54) is 13.1 Å². The van der Waals surface area contributed by atoms with Gasteiger partial charge in [-0.2, -0.15) is 4.98 Å². The maximum Gasteiger partial charge on any atom is 0.229 e. The van der Waals surface area contributed by atoms with E-state index in [1.807, 2.05) is 42.5 Å². The number of nitrogens with one attached hydrogen (secondary N) is 3. The zero-order valence-corrected chi connectivity index (χ0v) is 18.9. The molecule has 0 aliphatic heterocycles. The number of anilines is 6. The molecule has 9 nitrogen and oxygen atoms in total. The van der Waals surface area contributed by atoms with Crippen LogP contribution in [0.25, 0.3) is 0 Å². The number of ether oxygens (including phenoxy) is 1. The molecule has 3 aromatic rings. The Balaban J connectivity index is 1.86. The molecule has 10 heteroatoms. The number of hydrogen-bond acceptors (Lipinski definition) is 8. The van der Waals surface area contributed by atoms with Gasteiger partial charge in [0.1, 0.15) is 10.8 Å². The second kappa shape index (κ2) is 10.7. The van der Waals surface area contributed by atoms with Gasteiger partial charge >= 0.3 is 0 Å². The van der Waals surface area contributed by atoms with Crippen molar-refractivity contribution in [2.75, 3.05) is 48.1 Å². The molecule has 0 saturated heterocycles. The zero-order valence-electron chi connectivity index (χ0n) is 18.1. The molecule has 3 rings (SSSR count). The highest BCUT2D eigenvalue weighted by atomic mass is 35.5. The van der Waals surface area contributed by atoms with Gasteiger partial charge in [0.2, 0.25) is 11.9 Å². The molecule has 0 aliphatic rings. The lowest BCUT2D eigenvalue weighted by molar-refractivity contribution is -0.116. The number of nitrogens with zero attached hydrogens (tertiary/aromatic N) is 3. The van der Waals surface area contributed by atoms with Crippen molar-refractivity contribution >= 4 is 52.0 Å². The summed E-state index contributed by atoms with van der Waals surface area (Å²) in [5.74, 6) is 1.25. The Morgan fingerprint density at radius 3 is 2.69 bits per heavy atom. The molecule has 0 bridgehead atoms. The second-order valence-electron chi connectivity index (χ2n) is 6.87. The number of amides is 1. The Hall–Kier alpha value is -3.56. The van der Waals surface area contributed by atoms with Crippen LogP contribution in [0, 0.1) is 0 Å². The van der Waals surface area contributed by atoms with Crippen LogP contribution in [0.3, 0.4) is 0 Å². The third-order valence-electron chi connectivity index (χ3n) is 4.66. The molecule has 0 aliphatic carbocycles. The van der Waals surface area contributed by atoms with E-state index in [4.69, 9.17) is 22.1 Å². The van der Waals surface area contributed by atoms with Gasteiger partial charge < -0.3 is 31.3 Å². The molecule has 0 radical (unpaired) electrons. The average molecular weight is 456 g/mol. The number of carbonyl (C=O) groups is 1. The Bertz CT molecular complexity index is 1090. The van der Waals surface area contributed by atoms with Crippen molar-refractivity contribution in [2.24, 2.45) is 5.73 Å². The molecule has 32 heavy (non-hydrogen) atoms. The normalized spacial score (nSPS) is 10.4. The number of nitrogens with two attached hydrogens (primary N) is 1. The Kier molecular flexibility index (Phi) is 7.69. The smallest absolute Gasteiger partial charge is 0.229 e. The molecule has 1 heterocycles. The third-order valence-corrected chi connectivity index (χ3v) is 4.93. The molecule has 0 unspecified atom stereocenters. The lowest BCUT2D eigenvalue weighted by Crippen LogP contribution is -2.23. The van der Waals surface area contributed by atoms with Crippen LogP contribution in [0.2, 0.25) is 5.02 Å².